The highest BCUT2D eigenvalue weighted by Gasteiger charge is 2.21. The molecule has 0 saturated heterocycles. The molecule has 0 aliphatic carbocycles. The highest BCUT2D eigenvalue weighted by atomic mass is 16.3. The summed E-state index contributed by atoms with van der Waals surface area (Å²) >= 11 is 0. The summed E-state index contributed by atoms with van der Waals surface area (Å²) < 4.78 is 15.0. The summed E-state index contributed by atoms with van der Waals surface area (Å²) in [7, 11) is 0. The molecule has 0 aliphatic heterocycles. The van der Waals surface area contributed by atoms with E-state index in [4.69, 9.17) is 8.83 Å². The molecule has 0 N–H and O–H groups in total. The van der Waals surface area contributed by atoms with Crippen molar-refractivity contribution in [1.82, 2.24) is 4.57 Å². The van der Waals surface area contributed by atoms with Crippen LogP contribution < -0.4 is 0 Å². The zero-order valence-electron chi connectivity index (χ0n) is 21.8. The van der Waals surface area contributed by atoms with E-state index in [9.17, 15) is 5.26 Å². The van der Waals surface area contributed by atoms with Crippen LogP contribution in [0.5, 0.6) is 0 Å². The zero-order valence-corrected chi connectivity index (χ0v) is 21.8. The summed E-state index contributed by atoms with van der Waals surface area (Å²) in [5.41, 5.74) is 9.08. The molecule has 4 heteroatoms. The number of hydrogen-bond acceptors (Lipinski definition) is 3. The van der Waals surface area contributed by atoms with E-state index >= 15 is 0 Å². The first kappa shape index (κ1) is 22.1. The second-order valence-electron chi connectivity index (χ2n) is 10.4. The van der Waals surface area contributed by atoms with Gasteiger partial charge in [0.2, 0.25) is 0 Å². The molecule has 0 radical (unpaired) electrons. The lowest BCUT2D eigenvalue weighted by Gasteiger charge is -2.15. The van der Waals surface area contributed by atoms with Crippen molar-refractivity contribution >= 4 is 65.7 Å². The Labute approximate surface area is 233 Å². The van der Waals surface area contributed by atoms with Crippen LogP contribution in [0.4, 0.5) is 0 Å². The van der Waals surface area contributed by atoms with Crippen LogP contribution in [0.25, 0.3) is 82.5 Å². The second kappa shape index (κ2) is 8.11. The number of fused-ring (bicyclic) bond motifs is 10. The number of nitrogens with zero attached hydrogens (tertiary/aromatic N) is 2. The molecular weight excluding hydrogens is 504 g/mol. The maximum Gasteiger partial charge on any atom is 0.160 e. The number of para-hydroxylation sites is 3. The van der Waals surface area contributed by atoms with E-state index < -0.39 is 0 Å². The molecule has 3 heterocycles. The summed E-state index contributed by atoms with van der Waals surface area (Å²) in [6.45, 7) is 0. The molecule has 9 rings (SSSR count). The van der Waals surface area contributed by atoms with Gasteiger partial charge in [-0.15, -0.1) is 0 Å². The van der Waals surface area contributed by atoms with E-state index in [1.807, 2.05) is 54.6 Å². The van der Waals surface area contributed by atoms with Gasteiger partial charge in [-0.1, -0.05) is 66.7 Å². The lowest BCUT2D eigenvalue weighted by molar-refractivity contribution is 0.669. The summed E-state index contributed by atoms with van der Waals surface area (Å²) in [5, 5.41) is 16.5. The highest BCUT2D eigenvalue weighted by molar-refractivity contribution is 6.21. The molecule has 9 aromatic rings. The molecule has 41 heavy (non-hydrogen) atoms. The van der Waals surface area contributed by atoms with Crippen LogP contribution in [0.3, 0.4) is 0 Å². The van der Waals surface area contributed by atoms with Crippen LogP contribution in [-0.4, -0.2) is 4.57 Å². The number of rotatable bonds is 2. The summed E-state index contributed by atoms with van der Waals surface area (Å²) in [5.74, 6) is 0. The van der Waals surface area contributed by atoms with Gasteiger partial charge in [0.05, 0.1) is 28.4 Å². The van der Waals surface area contributed by atoms with Crippen molar-refractivity contribution in [2.45, 2.75) is 0 Å². The summed E-state index contributed by atoms with van der Waals surface area (Å²) in [6.07, 6.45) is 0. The first-order chi connectivity index (χ1) is 20.3. The van der Waals surface area contributed by atoms with Gasteiger partial charge in [0, 0.05) is 37.9 Å². The Morgan fingerprint density at radius 1 is 0.537 bits per heavy atom. The quantitative estimate of drug-likeness (QED) is 0.226. The maximum atomic E-state index is 9.89. The molecule has 4 nitrogen and oxygen atoms in total. The molecule has 0 bridgehead atoms. The predicted octanol–water partition coefficient (Wildman–Crippen LogP) is 10.1. The maximum absolute atomic E-state index is 9.89. The molecule has 0 unspecified atom stereocenters. The first-order valence-corrected chi connectivity index (χ1v) is 13.6. The standard InChI is InChI=1S/C37H20N2O2/c38-21-22-13-17-32(29(19-22)23-14-18-35-30(20-23)26-9-3-5-11-33(26)40-35)39-31-10-4-1-7-24(31)27-15-16-28-25-8-2-6-12-34(25)41-37(28)36(27)39/h1-20H. The molecule has 0 saturated carbocycles. The predicted molar refractivity (Wildman–Crippen MR) is 165 cm³/mol. The third-order valence-electron chi connectivity index (χ3n) is 8.23. The van der Waals surface area contributed by atoms with Crippen molar-refractivity contribution in [2.24, 2.45) is 0 Å². The topological polar surface area (TPSA) is 55.0 Å². The van der Waals surface area contributed by atoms with Crippen molar-refractivity contribution in [3.63, 3.8) is 0 Å². The monoisotopic (exact) mass is 524 g/mol. The van der Waals surface area contributed by atoms with Crippen LogP contribution in [-0.2, 0) is 0 Å². The Kier molecular flexibility index (Phi) is 4.37. The molecule has 190 valence electrons. The third kappa shape index (κ3) is 3.03. The van der Waals surface area contributed by atoms with Crippen LogP contribution in [0.15, 0.2) is 130 Å². The van der Waals surface area contributed by atoms with E-state index in [2.05, 4.69) is 77.4 Å². The minimum absolute atomic E-state index is 0.607. The van der Waals surface area contributed by atoms with Gasteiger partial charge in [-0.25, -0.2) is 0 Å². The number of benzene rings is 6. The second-order valence-corrected chi connectivity index (χ2v) is 10.4. The van der Waals surface area contributed by atoms with Crippen molar-refractivity contribution in [2.75, 3.05) is 0 Å². The fourth-order valence-corrected chi connectivity index (χ4v) is 6.41. The number of furan rings is 2. The molecule has 6 aromatic carbocycles. The lowest BCUT2D eigenvalue weighted by Crippen LogP contribution is -1.98. The van der Waals surface area contributed by atoms with E-state index in [0.717, 1.165) is 82.5 Å². The number of hydrogen-bond donors (Lipinski definition) is 0. The largest absolute Gasteiger partial charge is 0.456 e. The van der Waals surface area contributed by atoms with Gasteiger partial charge in [0.25, 0.3) is 0 Å². The van der Waals surface area contributed by atoms with Gasteiger partial charge >= 0.3 is 0 Å². The Hall–Kier alpha value is -5.79. The summed E-state index contributed by atoms with van der Waals surface area (Å²) in [6, 6.07) is 43.7. The van der Waals surface area contributed by atoms with Crippen LogP contribution in [0, 0.1) is 11.3 Å². The Balaban J connectivity index is 1.43. The van der Waals surface area contributed by atoms with Gasteiger partial charge in [-0.05, 0) is 60.2 Å². The Bertz CT molecular complexity index is 2550. The van der Waals surface area contributed by atoms with Crippen LogP contribution in [0.2, 0.25) is 0 Å². The fraction of sp³-hybridized carbons (Fsp3) is 0. The lowest BCUT2D eigenvalue weighted by atomic mass is 9.98. The molecule has 0 spiro atoms. The molecule has 0 atom stereocenters. The van der Waals surface area contributed by atoms with E-state index in [1.165, 1.54) is 0 Å². The smallest absolute Gasteiger partial charge is 0.160 e. The van der Waals surface area contributed by atoms with E-state index in [0.29, 0.717) is 5.56 Å². The molecular formula is C37H20N2O2. The first-order valence-electron chi connectivity index (χ1n) is 13.6. The average molecular weight is 525 g/mol. The average Bonchev–Trinajstić information content (AvgIpc) is 3.70. The Morgan fingerprint density at radius 3 is 2.05 bits per heavy atom. The summed E-state index contributed by atoms with van der Waals surface area (Å²) in [4.78, 5) is 0. The van der Waals surface area contributed by atoms with Crippen molar-refractivity contribution in [1.29, 1.82) is 5.26 Å². The molecule has 3 aromatic heterocycles. The van der Waals surface area contributed by atoms with E-state index in [-0.39, 0.29) is 0 Å². The van der Waals surface area contributed by atoms with Gasteiger partial charge in [0.1, 0.15) is 16.7 Å². The fourth-order valence-electron chi connectivity index (χ4n) is 6.41. The minimum Gasteiger partial charge on any atom is -0.456 e. The molecule has 0 fully saturated rings. The van der Waals surface area contributed by atoms with Gasteiger partial charge in [0.15, 0.2) is 5.58 Å². The van der Waals surface area contributed by atoms with Gasteiger partial charge in [-0.3, -0.25) is 0 Å². The third-order valence-corrected chi connectivity index (χ3v) is 8.23. The van der Waals surface area contributed by atoms with Crippen molar-refractivity contribution in [3.05, 3.63) is 127 Å². The van der Waals surface area contributed by atoms with Crippen molar-refractivity contribution in [3.8, 4) is 22.9 Å². The SMILES string of the molecule is N#Cc1ccc(-n2c3ccccc3c3ccc4c5ccccc5oc4c32)c(-c2ccc3oc4ccccc4c3c2)c1. The normalized spacial score (nSPS) is 11.9. The minimum atomic E-state index is 0.607. The van der Waals surface area contributed by atoms with Crippen molar-refractivity contribution < 1.29 is 8.83 Å². The number of aromatic nitrogens is 1. The van der Waals surface area contributed by atoms with E-state index in [1.54, 1.807) is 0 Å². The highest BCUT2D eigenvalue weighted by Crippen LogP contribution is 2.42. The van der Waals surface area contributed by atoms with Gasteiger partial charge in [-0.2, -0.15) is 5.26 Å². The van der Waals surface area contributed by atoms with Crippen LogP contribution in [0.1, 0.15) is 5.56 Å². The molecule has 0 aliphatic rings. The van der Waals surface area contributed by atoms with Gasteiger partial charge < -0.3 is 13.4 Å². The Morgan fingerprint density at radius 2 is 1.22 bits per heavy atom. The number of nitriles is 1. The van der Waals surface area contributed by atoms with Crippen LogP contribution >= 0.6 is 0 Å². The zero-order chi connectivity index (χ0) is 27.1. The molecule has 0 amide bonds.